The minimum atomic E-state index is -0.642. The van der Waals surface area contributed by atoms with Gasteiger partial charge in [-0.1, -0.05) is 244 Å². The van der Waals surface area contributed by atoms with Crippen molar-refractivity contribution in [1.29, 1.82) is 0 Å². The van der Waals surface area contributed by atoms with Crippen LogP contribution in [0.25, 0.3) is 0 Å². The predicted molar refractivity (Wildman–Crippen MR) is 231 cm³/mol. The summed E-state index contributed by atoms with van der Waals surface area (Å²) in [7, 11) is 1.61. The van der Waals surface area contributed by atoms with E-state index in [1.165, 1.54) is 179 Å². The van der Waals surface area contributed by atoms with Crippen molar-refractivity contribution in [3.8, 4) is 0 Å². The maximum atomic E-state index is 14.2. The van der Waals surface area contributed by atoms with E-state index in [2.05, 4.69) is 51.1 Å². The minimum absolute atomic E-state index is 0. The number of carbonyl (C=O) groups excluding carboxylic acids is 1. The van der Waals surface area contributed by atoms with Crippen LogP contribution in [0, 0.1) is 5.41 Å². The van der Waals surface area contributed by atoms with Gasteiger partial charge in [-0.2, -0.15) is 0 Å². The molecule has 0 aromatic heterocycles. The van der Waals surface area contributed by atoms with E-state index in [0.29, 0.717) is 0 Å². The SMILES string of the molecule is Br.CCCCCCCCCCCCC(N)(Cc1ccccc1)C(CCCCCCCCCCCC)(CCCCCCCCCCCC)C(=O)OC. The van der Waals surface area contributed by atoms with Crippen LogP contribution in [0.3, 0.4) is 0 Å². The molecular formula is C47H88BrNO2. The summed E-state index contributed by atoms with van der Waals surface area (Å²) in [5.41, 5.74) is 7.73. The summed E-state index contributed by atoms with van der Waals surface area (Å²) in [5.74, 6) is -0.0464. The molecule has 0 bridgehead atoms. The van der Waals surface area contributed by atoms with E-state index in [1.54, 1.807) is 7.11 Å². The molecule has 1 aromatic carbocycles. The third-order valence-electron chi connectivity index (χ3n) is 11.8. The first-order valence-corrected chi connectivity index (χ1v) is 22.4. The number of ether oxygens (including phenoxy) is 1. The second kappa shape index (κ2) is 34.9. The number of benzene rings is 1. The van der Waals surface area contributed by atoms with Gasteiger partial charge in [0.25, 0.3) is 0 Å². The smallest absolute Gasteiger partial charge is 0.313 e. The second-order valence-electron chi connectivity index (χ2n) is 16.2. The average molecular weight is 779 g/mol. The van der Waals surface area contributed by atoms with Crippen LogP contribution >= 0.6 is 17.0 Å². The van der Waals surface area contributed by atoms with Gasteiger partial charge in [-0.15, -0.1) is 17.0 Å². The van der Waals surface area contributed by atoms with Gasteiger partial charge in [-0.3, -0.25) is 4.79 Å². The number of hydrogen-bond donors (Lipinski definition) is 1. The number of methoxy groups -OCH3 is 1. The summed E-state index contributed by atoms with van der Waals surface area (Å²) >= 11 is 0. The van der Waals surface area contributed by atoms with Gasteiger partial charge >= 0.3 is 5.97 Å². The molecule has 1 unspecified atom stereocenters. The molecule has 3 nitrogen and oxygen atoms in total. The van der Waals surface area contributed by atoms with Crippen LogP contribution in [0.5, 0.6) is 0 Å². The number of unbranched alkanes of at least 4 members (excludes halogenated alkanes) is 27. The Balaban J connectivity index is 0.0000250. The Labute approximate surface area is 330 Å². The van der Waals surface area contributed by atoms with Crippen LogP contribution in [0.15, 0.2) is 30.3 Å². The van der Waals surface area contributed by atoms with E-state index in [9.17, 15) is 4.79 Å². The molecule has 0 saturated carbocycles. The highest BCUT2D eigenvalue weighted by Gasteiger charge is 2.53. The Morgan fingerprint density at radius 2 is 0.784 bits per heavy atom. The van der Waals surface area contributed by atoms with Gasteiger partial charge in [-0.05, 0) is 31.2 Å². The number of carbonyl (C=O) groups is 1. The van der Waals surface area contributed by atoms with Crippen LogP contribution in [0.1, 0.15) is 238 Å². The Morgan fingerprint density at radius 1 is 0.490 bits per heavy atom. The molecule has 1 atom stereocenters. The van der Waals surface area contributed by atoms with Crippen molar-refractivity contribution in [2.75, 3.05) is 7.11 Å². The Bertz CT molecular complexity index is 852. The molecule has 2 N–H and O–H groups in total. The largest absolute Gasteiger partial charge is 0.469 e. The number of hydrogen-bond acceptors (Lipinski definition) is 3. The van der Waals surface area contributed by atoms with Crippen LogP contribution in [-0.2, 0) is 16.0 Å². The van der Waals surface area contributed by atoms with E-state index in [0.717, 1.165) is 44.9 Å². The Morgan fingerprint density at radius 3 is 1.10 bits per heavy atom. The molecule has 0 spiro atoms. The summed E-state index contributed by atoms with van der Waals surface area (Å²) in [5, 5.41) is 0. The maximum absolute atomic E-state index is 14.2. The Hall–Kier alpha value is -0.870. The molecule has 0 aliphatic heterocycles. The minimum Gasteiger partial charge on any atom is -0.469 e. The highest BCUT2D eigenvalue weighted by molar-refractivity contribution is 8.93. The van der Waals surface area contributed by atoms with Gasteiger partial charge in [0.05, 0.1) is 12.5 Å². The van der Waals surface area contributed by atoms with Crippen LogP contribution in [-0.4, -0.2) is 18.6 Å². The number of rotatable bonds is 37. The van der Waals surface area contributed by atoms with Gasteiger partial charge < -0.3 is 10.5 Å². The van der Waals surface area contributed by atoms with Crippen molar-refractivity contribution in [2.24, 2.45) is 11.1 Å². The molecule has 4 heteroatoms. The van der Waals surface area contributed by atoms with E-state index in [-0.39, 0.29) is 23.0 Å². The zero-order valence-corrected chi connectivity index (χ0v) is 36.4. The normalized spacial score (nSPS) is 12.8. The van der Waals surface area contributed by atoms with Crippen molar-refractivity contribution < 1.29 is 9.53 Å². The lowest BCUT2D eigenvalue weighted by atomic mass is 9.60. The van der Waals surface area contributed by atoms with Crippen molar-refractivity contribution >= 4 is 23.0 Å². The van der Waals surface area contributed by atoms with Crippen molar-refractivity contribution in [3.05, 3.63) is 35.9 Å². The summed E-state index contributed by atoms with van der Waals surface area (Å²) in [4.78, 5) is 14.2. The number of esters is 1. The lowest BCUT2D eigenvalue weighted by Crippen LogP contribution is -2.61. The second-order valence-corrected chi connectivity index (χ2v) is 16.2. The molecule has 0 aliphatic rings. The fourth-order valence-corrected chi connectivity index (χ4v) is 8.44. The number of halogens is 1. The first-order chi connectivity index (χ1) is 24.5. The van der Waals surface area contributed by atoms with Gasteiger partial charge in [0, 0.05) is 5.54 Å². The summed E-state index contributed by atoms with van der Waals surface area (Å²) in [6, 6.07) is 10.8. The van der Waals surface area contributed by atoms with Crippen LogP contribution in [0.2, 0.25) is 0 Å². The lowest BCUT2D eigenvalue weighted by Gasteiger charge is -2.47. The van der Waals surface area contributed by atoms with Gasteiger partial charge in [-0.25, -0.2) is 0 Å². The maximum Gasteiger partial charge on any atom is 0.313 e. The molecule has 0 heterocycles. The lowest BCUT2D eigenvalue weighted by molar-refractivity contribution is -0.160. The quantitative estimate of drug-likeness (QED) is 0.0541. The average Bonchev–Trinajstić information content (AvgIpc) is 3.13. The van der Waals surface area contributed by atoms with Gasteiger partial charge in [0.2, 0.25) is 0 Å². The van der Waals surface area contributed by atoms with E-state index in [1.807, 2.05) is 0 Å². The van der Waals surface area contributed by atoms with E-state index < -0.39 is 11.0 Å². The highest BCUT2D eigenvalue weighted by atomic mass is 79.9. The van der Waals surface area contributed by atoms with Crippen molar-refractivity contribution in [3.63, 3.8) is 0 Å². The summed E-state index contributed by atoms with van der Waals surface area (Å²) in [6.07, 6.45) is 42.4. The fourth-order valence-electron chi connectivity index (χ4n) is 8.44. The first-order valence-electron chi connectivity index (χ1n) is 22.4. The number of nitrogens with two attached hydrogens (primary N) is 1. The molecule has 300 valence electrons. The van der Waals surface area contributed by atoms with Crippen molar-refractivity contribution in [2.45, 2.75) is 245 Å². The zero-order chi connectivity index (χ0) is 36.4. The third kappa shape index (κ3) is 23.5. The van der Waals surface area contributed by atoms with Gasteiger partial charge in [0.1, 0.15) is 0 Å². The van der Waals surface area contributed by atoms with E-state index >= 15 is 0 Å². The molecule has 0 fully saturated rings. The molecule has 0 radical (unpaired) electrons. The molecule has 0 saturated heterocycles. The molecule has 0 aliphatic carbocycles. The fraction of sp³-hybridized carbons (Fsp3) is 0.851. The topological polar surface area (TPSA) is 52.3 Å². The third-order valence-corrected chi connectivity index (χ3v) is 11.8. The Kier molecular flexibility index (Phi) is 34.3. The summed E-state index contributed by atoms with van der Waals surface area (Å²) < 4.78 is 5.77. The molecule has 51 heavy (non-hydrogen) atoms. The van der Waals surface area contributed by atoms with Crippen LogP contribution < -0.4 is 5.73 Å². The van der Waals surface area contributed by atoms with Crippen molar-refractivity contribution in [1.82, 2.24) is 0 Å². The highest BCUT2D eigenvalue weighted by Crippen LogP contribution is 2.46. The molecule has 0 amide bonds. The summed E-state index contributed by atoms with van der Waals surface area (Å²) in [6.45, 7) is 6.87. The van der Waals surface area contributed by atoms with Crippen LogP contribution in [0.4, 0.5) is 0 Å². The monoisotopic (exact) mass is 778 g/mol. The zero-order valence-electron chi connectivity index (χ0n) is 34.7. The van der Waals surface area contributed by atoms with Gasteiger partial charge in [0.15, 0.2) is 0 Å². The standard InChI is InChI=1S/C47H87NO2.BrH/c1-5-8-11-14-17-20-23-26-29-35-40-46(45(49)50-4,41-36-30-27-24-21-18-15-12-9-6-2)47(48,43-44-38-33-32-34-39-44)42-37-31-28-25-22-19-16-13-10-7-3;/h32-34,38-39H,5-31,35-37,40-43,48H2,1-4H3;1H. The molecule has 1 aromatic rings. The molecular weight excluding hydrogens is 690 g/mol. The molecule has 1 rings (SSSR count). The van der Waals surface area contributed by atoms with E-state index in [4.69, 9.17) is 10.5 Å². The first kappa shape index (κ1) is 50.1. The predicted octanol–water partition coefficient (Wildman–Crippen LogP) is 15.6.